The van der Waals surface area contributed by atoms with Crippen LogP contribution in [0.2, 0.25) is 0 Å². The average Bonchev–Trinajstić information content (AvgIpc) is 3.17. The molecule has 27 heavy (non-hydrogen) atoms. The highest BCUT2D eigenvalue weighted by Crippen LogP contribution is 2.38. The lowest BCUT2D eigenvalue weighted by Gasteiger charge is -2.21. The molecular weight excluding hydrogens is 348 g/mol. The lowest BCUT2D eigenvalue weighted by atomic mass is 10.2. The van der Waals surface area contributed by atoms with E-state index in [9.17, 15) is 19.2 Å². The Morgan fingerprint density at radius 2 is 0.852 bits per heavy atom. The first kappa shape index (κ1) is 16.5. The Morgan fingerprint density at radius 1 is 0.519 bits per heavy atom. The van der Waals surface area contributed by atoms with Crippen molar-refractivity contribution >= 4 is 35.0 Å². The summed E-state index contributed by atoms with van der Waals surface area (Å²) in [5.41, 5.74) is 0.536. The van der Waals surface area contributed by atoms with Crippen LogP contribution in [0.4, 0.5) is 11.4 Å². The van der Waals surface area contributed by atoms with Crippen molar-refractivity contribution in [3.63, 3.8) is 0 Å². The number of anilines is 2. The van der Waals surface area contributed by atoms with Gasteiger partial charge in [0.25, 0.3) is 23.6 Å². The van der Waals surface area contributed by atoms with Gasteiger partial charge in [-0.3, -0.25) is 19.2 Å². The first-order valence-electron chi connectivity index (χ1n) is 8.04. The number of para-hydroxylation sites is 4. The van der Waals surface area contributed by atoms with E-state index in [1.165, 1.54) is 24.3 Å². The maximum atomic E-state index is 12.0. The number of nitrogens with zero attached hydrogens (tertiary/aromatic N) is 2. The maximum absolute atomic E-state index is 12.0. The SMILES string of the molecule is O=C1C=CC(=O)N1c1ccccc1Oc1ccccc1N1C(=O)C=CC1=O. The first-order chi connectivity index (χ1) is 13.1. The predicted octanol–water partition coefficient (Wildman–Crippen LogP) is 2.34. The molecule has 0 saturated carbocycles. The van der Waals surface area contributed by atoms with E-state index < -0.39 is 23.6 Å². The van der Waals surface area contributed by atoms with Crippen LogP contribution in [0.5, 0.6) is 11.5 Å². The second-order valence-corrected chi connectivity index (χ2v) is 5.73. The first-order valence-corrected chi connectivity index (χ1v) is 8.04. The minimum atomic E-state index is -0.474. The molecule has 7 nitrogen and oxygen atoms in total. The Bertz CT molecular complexity index is 934. The minimum Gasteiger partial charge on any atom is -0.453 e. The van der Waals surface area contributed by atoms with Gasteiger partial charge in [-0.15, -0.1) is 0 Å². The molecule has 4 rings (SSSR count). The molecule has 0 spiro atoms. The van der Waals surface area contributed by atoms with Gasteiger partial charge >= 0.3 is 0 Å². The van der Waals surface area contributed by atoms with Crippen LogP contribution in [0.1, 0.15) is 0 Å². The molecule has 2 aromatic carbocycles. The molecule has 0 saturated heterocycles. The topological polar surface area (TPSA) is 84.0 Å². The Labute approximate surface area is 153 Å². The minimum absolute atomic E-state index is 0.238. The summed E-state index contributed by atoms with van der Waals surface area (Å²) in [5, 5.41) is 0. The van der Waals surface area contributed by atoms with Crippen molar-refractivity contribution in [2.45, 2.75) is 0 Å². The Kier molecular flexibility index (Phi) is 3.89. The van der Waals surface area contributed by atoms with Crippen molar-refractivity contribution in [3.8, 4) is 11.5 Å². The fourth-order valence-electron chi connectivity index (χ4n) is 2.85. The molecule has 7 heteroatoms. The smallest absolute Gasteiger partial charge is 0.258 e. The number of amides is 4. The van der Waals surface area contributed by atoms with Crippen LogP contribution >= 0.6 is 0 Å². The van der Waals surface area contributed by atoms with Gasteiger partial charge in [0.1, 0.15) is 0 Å². The maximum Gasteiger partial charge on any atom is 0.258 e. The Hall–Kier alpha value is -4.00. The third-order valence-corrected chi connectivity index (χ3v) is 4.05. The summed E-state index contributed by atoms with van der Waals surface area (Å²) in [4.78, 5) is 50.0. The Balaban J connectivity index is 1.73. The van der Waals surface area contributed by atoms with E-state index in [1.807, 2.05) is 0 Å². The summed E-state index contributed by atoms with van der Waals surface area (Å²) in [6.07, 6.45) is 4.72. The highest BCUT2D eigenvalue weighted by Gasteiger charge is 2.30. The van der Waals surface area contributed by atoms with Gasteiger partial charge in [0, 0.05) is 24.3 Å². The van der Waals surface area contributed by atoms with Crippen molar-refractivity contribution in [1.82, 2.24) is 0 Å². The molecule has 0 atom stereocenters. The second kappa shape index (κ2) is 6.38. The van der Waals surface area contributed by atoms with Gasteiger partial charge in [0.15, 0.2) is 11.5 Å². The van der Waals surface area contributed by atoms with E-state index in [0.29, 0.717) is 0 Å². The van der Waals surface area contributed by atoms with Crippen LogP contribution in [-0.4, -0.2) is 23.6 Å². The lowest BCUT2D eigenvalue weighted by Crippen LogP contribution is -2.30. The average molecular weight is 360 g/mol. The van der Waals surface area contributed by atoms with E-state index in [0.717, 1.165) is 9.80 Å². The number of rotatable bonds is 4. The lowest BCUT2D eigenvalue weighted by molar-refractivity contribution is -0.121. The zero-order valence-corrected chi connectivity index (χ0v) is 13.9. The summed E-state index contributed by atoms with van der Waals surface area (Å²) in [7, 11) is 0. The van der Waals surface area contributed by atoms with E-state index in [4.69, 9.17) is 4.74 Å². The number of hydrogen-bond acceptors (Lipinski definition) is 5. The molecule has 0 bridgehead atoms. The van der Waals surface area contributed by atoms with Crippen molar-refractivity contribution in [2.24, 2.45) is 0 Å². The van der Waals surface area contributed by atoms with E-state index in [1.54, 1.807) is 48.5 Å². The summed E-state index contributed by atoms with van der Waals surface area (Å²) in [6.45, 7) is 0. The number of ether oxygens (including phenoxy) is 1. The van der Waals surface area contributed by atoms with Crippen molar-refractivity contribution in [2.75, 3.05) is 9.80 Å². The van der Waals surface area contributed by atoms with Gasteiger partial charge in [0.2, 0.25) is 0 Å². The number of carbonyl (C=O) groups excluding carboxylic acids is 4. The molecule has 2 heterocycles. The predicted molar refractivity (Wildman–Crippen MR) is 96.2 cm³/mol. The molecule has 2 aliphatic heterocycles. The zero-order valence-electron chi connectivity index (χ0n) is 13.9. The molecule has 0 aliphatic carbocycles. The molecule has 0 radical (unpaired) electrons. The molecule has 0 aromatic heterocycles. The molecule has 2 aliphatic rings. The normalized spacial score (nSPS) is 16.0. The molecule has 0 N–H and O–H groups in total. The van der Waals surface area contributed by atoms with Gasteiger partial charge < -0.3 is 4.74 Å². The molecule has 0 fully saturated rings. The van der Waals surface area contributed by atoms with Gasteiger partial charge in [-0.25, -0.2) is 9.80 Å². The summed E-state index contributed by atoms with van der Waals surface area (Å²) < 4.78 is 5.91. The summed E-state index contributed by atoms with van der Waals surface area (Å²) in [6, 6.07) is 13.1. The standard InChI is InChI=1S/C20H12N2O5/c23-17-9-10-18(24)21(17)13-5-1-3-7-15(13)27-16-8-4-2-6-14(16)22-19(25)11-12-20(22)26/h1-12H. The van der Waals surface area contributed by atoms with Crippen LogP contribution in [-0.2, 0) is 19.2 Å². The number of benzene rings is 2. The van der Waals surface area contributed by atoms with Crippen molar-refractivity contribution in [1.29, 1.82) is 0 Å². The molecule has 132 valence electrons. The van der Waals surface area contributed by atoms with E-state index in [2.05, 4.69) is 0 Å². The second-order valence-electron chi connectivity index (χ2n) is 5.73. The van der Waals surface area contributed by atoms with Crippen LogP contribution in [0.25, 0.3) is 0 Å². The molecule has 2 aromatic rings. The van der Waals surface area contributed by atoms with Gasteiger partial charge in [-0.1, -0.05) is 24.3 Å². The highest BCUT2D eigenvalue weighted by molar-refractivity contribution is 6.29. The third-order valence-electron chi connectivity index (χ3n) is 4.05. The number of hydrogen-bond donors (Lipinski definition) is 0. The molecular formula is C20H12N2O5. The quantitative estimate of drug-likeness (QED) is 0.782. The highest BCUT2D eigenvalue weighted by atomic mass is 16.5. The number of carbonyl (C=O) groups is 4. The van der Waals surface area contributed by atoms with E-state index in [-0.39, 0.29) is 22.9 Å². The van der Waals surface area contributed by atoms with Gasteiger partial charge in [-0.05, 0) is 24.3 Å². The summed E-state index contributed by atoms with van der Waals surface area (Å²) >= 11 is 0. The van der Waals surface area contributed by atoms with Crippen LogP contribution in [0.3, 0.4) is 0 Å². The Morgan fingerprint density at radius 3 is 1.22 bits per heavy atom. The number of imide groups is 2. The largest absolute Gasteiger partial charge is 0.453 e. The van der Waals surface area contributed by atoms with Crippen LogP contribution in [0, 0.1) is 0 Å². The fourth-order valence-corrected chi connectivity index (χ4v) is 2.85. The van der Waals surface area contributed by atoms with Crippen LogP contribution in [0.15, 0.2) is 72.8 Å². The zero-order chi connectivity index (χ0) is 19.0. The van der Waals surface area contributed by atoms with E-state index >= 15 is 0 Å². The molecule has 0 unspecified atom stereocenters. The van der Waals surface area contributed by atoms with Crippen molar-refractivity contribution < 1.29 is 23.9 Å². The van der Waals surface area contributed by atoms with Crippen LogP contribution < -0.4 is 14.5 Å². The third kappa shape index (κ3) is 2.81. The van der Waals surface area contributed by atoms with Crippen molar-refractivity contribution in [3.05, 3.63) is 72.8 Å². The summed E-state index contributed by atoms with van der Waals surface area (Å²) in [5.74, 6) is -1.42. The fraction of sp³-hybridized carbons (Fsp3) is 0. The van der Waals surface area contributed by atoms with Gasteiger partial charge in [0.05, 0.1) is 11.4 Å². The monoisotopic (exact) mass is 360 g/mol. The van der Waals surface area contributed by atoms with Gasteiger partial charge in [-0.2, -0.15) is 0 Å². The molecule has 4 amide bonds.